The van der Waals surface area contributed by atoms with Gasteiger partial charge in [-0.3, -0.25) is 0 Å². The van der Waals surface area contributed by atoms with E-state index in [-0.39, 0.29) is 26.9 Å². The molecular weight excluding hydrogens is 444 g/mol. The maximum Gasteiger partial charge on any atom is 0.418 e. The summed E-state index contributed by atoms with van der Waals surface area (Å²) in [6, 6.07) is 4.84. The van der Waals surface area contributed by atoms with Gasteiger partial charge in [0.2, 0.25) is 0 Å². The lowest BCUT2D eigenvalue weighted by Gasteiger charge is -2.17. The third-order valence-corrected chi connectivity index (χ3v) is 4.58. The lowest BCUT2D eigenvalue weighted by molar-refractivity contribution is -0.136. The molecule has 3 aromatic heterocycles. The number of hydrogen-bond acceptors (Lipinski definition) is 7. The quantitative estimate of drug-likeness (QED) is 0.484. The molecule has 0 bridgehead atoms. The average molecular weight is 455 g/mol. The number of anilines is 1. The molecule has 0 radical (unpaired) electrons. The van der Waals surface area contributed by atoms with Crippen LogP contribution in [-0.4, -0.2) is 34.9 Å². The first-order valence-electron chi connectivity index (χ1n) is 8.41. The van der Waals surface area contributed by atoms with Crippen LogP contribution in [0.5, 0.6) is 0 Å². The lowest BCUT2D eigenvalue weighted by Crippen LogP contribution is -2.16. The van der Waals surface area contributed by atoms with E-state index in [0.717, 1.165) is 12.4 Å². The summed E-state index contributed by atoms with van der Waals surface area (Å²) >= 11 is 11.7. The number of rotatable bonds is 4. The van der Waals surface area contributed by atoms with Crippen LogP contribution in [0, 0.1) is 0 Å². The fraction of sp³-hybridized carbons (Fsp3) is 0.176. The van der Waals surface area contributed by atoms with Gasteiger partial charge in [0.05, 0.1) is 17.1 Å². The molecule has 0 amide bonds. The van der Waals surface area contributed by atoms with Crippen molar-refractivity contribution < 1.29 is 13.2 Å². The summed E-state index contributed by atoms with van der Waals surface area (Å²) in [5, 5.41) is 15.1. The number of benzene rings is 1. The van der Waals surface area contributed by atoms with Crippen LogP contribution in [0.1, 0.15) is 24.4 Å². The molecule has 0 aliphatic carbocycles. The Morgan fingerprint density at radius 2 is 1.83 bits per heavy atom. The summed E-state index contributed by atoms with van der Waals surface area (Å²) in [7, 11) is 0. The predicted octanol–water partition coefficient (Wildman–Crippen LogP) is 4.50. The van der Waals surface area contributed by atoms with Crippen LogP contribution in [0.25, 0.3) is 16.7 Å². The molecule has 1 atom stereocenters. The third-order valence-electron chi connectivity index (χ3n) is 4.16. The molecule has 0 aliphatic heterocycles. The molecule has 0 fully saturated rings. The zero-order valence-corrected chi connectivity index (χ0v) is 16.6. The van der Waals surface area contributed by atoms with E-state index < -0.39 is 17.8 Å². The molecule has 4 aromatic rings. The smallest absolute Gasteiger partial charge is 0.360 e. The number of nitrogens with one attached hydrogen (secondary N) is 1. The highest BCUT2D eigenvalue weighted by Gasteiger charge is 2.34. The van der Waals surface area contributed by atoms with E-state index in [1.54, 1.807) is 19.1 Å². The van der Waals surface area contributed by atoms with Crippen LogP contribution in [0.4, 0.5) is 19.0 Å². The first kappa shape index (κ1) is 20.2. The summed E-state index contributed by atoms with van der Waals surface area (Å²) in [5.41, 5.74) is -1.20. The molecule has 0 aliphatic rings. The highest BCUT2D eigenvalue weighted by molar-refractivity contribution is 6.31. The van der Waals surface area contributed by atoms with Crippen molar-refractivity contribution in [3.8, 4) is 5.82 Å². The minimum absolute atomic E-state index is 0.0834. The number of nitrogens with zero attached hydrogens (tertiary/aromatic N) is 7. The van der Waals surface area contributed by atoms with Gasteiger partial charge in [-0.2, -0.15) is 23.0 Å². The van der Waals surface area contributed by atoms with Crippen molar-refractivity contribution in [3.05, 3.63) is 58.5 Å². The van der Waals surface area contributed by atoms with E-state index in [2.05, 4.69) is 35.6 Å². The highest BCUT2D eigenvalue weighted by Crippen LogP contribution is 2.38. The third kappa shape index (κ3) is 3.85. The van der Waals surface area contributed by atoms with Crippen molar-refractivity contribution in [1.29, 1.82) is 0 Å². The van der Waals surface area contributed by atoms with Crippen molar-refractivity contribution in [3.63, 3.8) is 0 Å². The monoisotopic (exact) mass is 454 g/mol. The summed E-state index contributed by atoms with van der Waals surface area (Å²) in [6.45, 7) is 1.74. The minimum atomic E-state index is -4.62. The molecule has 1 N–H and O–H groups in total. The average Bonchev–Trinajstić information content (AvgIpc) is 3.18. The molecule has 0 saturated heterocycles. The fourth-order valence-electron chi connectivity index (χ4n) is 2.88. The van der Waals surface area contributed by atoms with Crippen LogP contribution in [0.3, 0.4) is 0 Å². The molecular formula is C17H11Cl2F3N8. The molecule has 30 heavy (non-hydrogen) atoms. The number of aromatic nitrogens is 7. The van der Waals surface area contributed by atoms with Gasteiger partial charge in [0.25, 0.3) is 0 Å². The van der Waals surface area contributed by atoms with Crippen molar-refractivity contribution >= 4 is 39.9 Å². The maximum atomic E-state index is 13.4. The maximum absolute atomic E-state index is 13.4. The second kappa shape index (κ2) is 7.65. The van der Waals surface area contributed by atoms with Crippen LogP contribution >= 0.6 is 23.2 Å². The number of alkyl halides is 3. The van der Waals surface area contributed by atoms with Crippen molar-refractivity contribution in [2.75, 3.05) is 5.32 Å². The van der Waals surface area contributed by atoms with E-state index in [9.17, 15) is 13.2 Å². The molecule has 154 valence electrons. The van der Waals surface area contributed by atoms with E-state index in [1.165, 1.54) is 17.1 Å². The van der Waals surface area contributed by atoms with E-state index in [1.807, 2.05) is 0 Å². The minimum Gasteiger partial charge on any atom is -0.360 e. The van der Waals surface area contributed by atoms with E-state index in [0.29, 0.717) is 11.6 Å². The van der Waals surface area contributed by atoms with Gasteiger partial charge in [0.15, 0.2) is 16.8 Å². The number of hydrogen-bond donors (Lipinski definition) is 1. The molecule has 0 unspecified atom stereocenters. The Bertz CT molecular complexity index is 1210. The van der Waals surface area contributed by atoms with Gasteiger partial charge >= 0.3 is 6.18 Å². The Labute approximate surface area is 177 Å². The van der Waals surface area contributed by atoms with E-state index in [4.69, 9.17) is 23.2 Å². The van der Waals surface area contributed by atoms with Crippen LogP contribution < -0.4 is 5.32 Å². The molecule has 0 saturated carbocycles. The topological polar surface area (TPSA) is 94.3 Å². The van der Waals surface area contributed by atoms with Gasteiger partial charge in [-0.1, -0.05) is 23.2 Å². The Balaban J connectivity index is 1.73. The normalized spacial score (nSPS) is 12.9. The van der Waals surface area contributed by atoms with Crippen LogP contribution in [-0.2, 0) is 6.18 Å². The molecule has 8 nitrogen and oxygen atoms in total. The zero-order valence-electron chi connectivity index (χ0n) is 15.1. The van der Waals surface area contributed by atoms with Gasteiger partial charge in [0, 0.05) is 10.4 Å². The SMILES string of the molecule is C[C@H](Nc1ncnc2c(C(F)(F)F)cc(Cl)cc12)c1ncnn1-c1ccc(Cl)nn1. The second-order valence-electron chi connectivity index (χ2n) is 6.18. The zero-order chi connectivity index (χ0) is 21.5. The first-order chi connectivity index (χ1) is 14.2. The number of fused-ring (bicyclic) bond motifs is 1. The molecule has 13 heteroatoms. The van der Waals surface area contributed by atoms with Crippen LogP contribution in [0.2, 0.25) is 10.2 Å². The van der Waals surface area contributed by atoms with Crippen molar-refractivity contribution in [2.45, 2.75) is 19.1 Å². The van der Waals surface area contributed by atoms with Gasteiger partial charge in [-0.05, 0) is 31.2 Å². The summed E-state index contributed by atoms with van der Waals surface area (Å²) in [5.74, 6) is 0.962. The number of halogens is 5. The second-order valence-corrected chi connectivity index (χ2v) is 7.00. The standard InChI is InChI=1S/C17H11Cl2F3N8/c1-8(16-25-7-26-30(16)13-3-2-12(19)28-29-13)27-15-10-4-9(18)5-11(17(20,21)22)14(10)23-6-24-15/h2-8H,1H3,(H,23,24,27)/t8-/m0/s1. The highest BCUT2D eigenvalue weighted by atomic mass is 35.5. The van der Waals surface area contributed by atoms with E-state index >= 15 is 0 Å². The Hall–Kier alpha value is -3.05. The Kier molecular flexibility index (Phi) is 5.16. The largest absolute Gasteiger partial charge is 0.418 e. The Morgan fingerprint density at radius 3 is 2.53 bits per heavy atom. The molecule has 3 heterocycles. The van der Waals surface area contributed by atoms with Gasteiger partial charge in [0.1, 0.15) is 18.5 Å². The van der Waals surface area contributed by atoms with Crippen molar-refractivity contribution in [2.24, 2.45) is 0 Å². The molecule has 1 aromatic carbocycles. The van der Waals surface area contributed by atoms with Crippen LogP contribution in [0.15, 0.2) is 36.9 Å². The molecule has 0 spiro atoms. The first-order valence-corrected chi connectivity index (χ1v) is 9.17. The summed E-state index contributed by atoms with van der Waals surface area (Å²) in [4.78, 5) is 12.1. The fourth-order valence-corrected chi connectivity index (χ4v) is 3.20. The summed E-state index contributed by atoms with van der Waals surface area (Å²) < 4.78 is 41.6. The predicted molar refractivity (Wildman–Crippen MR) is 104 cm³/mol. The van der Waals surface area contributed by atoms with Gasteiger partial charge < -0.3 is 5.32 Å². The van der Waals surface area contributed by atoms with Gasteiger partial charge in [-0.15, -0.1) is 10.2 Å². The molecule has 4 rings (SSSR count). The lowest BCUT2D eigenvalue weighted by atomic mass is 10.1. The summed E-state index contributed by atoms with van der Waals surface area (Å²) in [6.07, 6.45) is -2.25. The van der Waals surface area contributed by atoms with Crippen molar-refractivity contribution in [1.82, 2.24) is 34.9 Å². The Morgan fingerprint density at radius 1 is 1.03 bits per heavy atom. The van der Waals surface area contributed by atoms with Gasteiger partial charge in [-0.25, -0.2) is 15.0 Å².